The molecule has 0 unspecified atom stereocenters. The van der Waals surface area contributed by atoms with Gasteiger partial charge < -0.3 is 0 Å². The van der Waals surface area contributed by atoms with Crippen molar-refractivity contribution in [3.05, 3.63) is 34.2 Å². The smallest absolute Gasteiger partial charge is 0.293 e. The van der Waals surface area contributed by atoms with Gasteiger partial charge in [0.25, 0.3) is 0 Å². The van der Waals surface area contributed by atoms with E-state index < -0.39 is 11.7 Å². The van der Waals surface area contributed by atoms with Gasteiger partial charge >= 0.3 is 6.18 Å². The zero-order valence-corrected chi connectivity index (χ0v) is 9.22. The van der Waals surface area contributed by atoms with E-state index >= 15 is 0 Å². The lowest BCUT2D eigenvalue weighted by Gasteiger charge is -2.07. The summed E-state index contributed by atoms with van der Waals surface area (Å²) in [5.74, 6) is 0. The second-order valence-electron chi connectivity index (χ2n) is 3.10. The minimum Gasteiger partial charge on any atom is -0.293 e. The van der Waals surface area contributed by atoms with Crippen molar-refractivity contribution in [1.29, 1.82) is 0 Å². The van der Waals surface area contributed by atoms with Crippen LogP contribution >= 0.6 is 15.9 Å². The molecule has 0 amide bonds. The molecule has 0 fully saturated rings. The molecule has 2 rings (SSSR count). The number of alkyl halides is 3. The van der Waals surface area contributed by atoms with Gasteiger partial charge in [0.05, 0.1) is 11.3 Å². The van der Waals surface area contributed by atoms with E-state index in [-0.39, 0.29) is 5.65 Å². The molecule has 15 heavy (non-hydrogen) atoms. The van der Waals surface area contributed by atoms with Crippen molar-refractivity contribution in [3.63, 3.8) is 0 Å². The number of pyridine rings is 1. The Morgan fingerprint density at radius 1 is 1.40 bits per heavy atom. The molecule has 6 heteroatoms. The molecule has 0 bridgehead atoms. The molecule has 0 aromatic carbocycles. The molecule has 2 aromatic heterocycles. The van der Waals surface area contributed by atoms with Gasteiger partial charge in [0, 0.05) is 6.20 Å². The van der Waals surface area contributed by atoms with Gasteiger partial charge in [-0.3, -0.25) is 4.40 Å². The predicted molar refractivity (Wildman–Crippen MR) is 52.6 cm³/mol. The van der Waals surface area contributed by atoms with Crippen molar-refractivity contribution in [2.75, 3.05) is 0 Å². The van der Waals surface area contributed by atoms with Crippen LogP contribution in [0.25, 0.3) is 5.65 Å². The van der Waals surface area contributed by atoms with Crippen molar-refractivity contribution >= 4 is 21.6 Å². The summed E-state index contributed by atoms with van der Waals surface area (Å²) in [5, 5.41) is 0. The van der Waals surface area contributed by atoms with E-state index in [1.54, 1.807) is 6.92 Å². The third kappa shape index (κ3) is 1.62. The zero-order chi connectivity index (χ0) is 11.2. The van der Waals surface area contributed by atoms with Crippen LogP contribution in [0.1, 0.15) is 11.3 Å². The summed E-state index contributed by atoms with van der Waals surface area (Å²) < 4.78 is 39.7. The van der Waals surface area contributed by atoms with Gasteiger partial charge in [0.15, 0.2) is 0 Å². The Balaban J connectivity index is 2.83. The summed E-state index contributed by atoms with van der Waals surface area (Å²) in [7, 11) is 0. The summed E-state index contributed by atoms with van der Waals surface area (Å²) >= 11 is 3.18. The maximum Gasteiger partial charge on any atom is 0.419 e. The molecule has 0 aliphatic rings. The quantitative estimate of drug-likeness (QED) is 0.722. The first-order valence-electron chi connectivity index (χ1n) is 4.11. The average Bonchev–Trinajstić information content (AvgIpc) is 2.41. The lowest BCUT2D eigenvalue weighted by Crippen LogP contribution is -2.07. The van der Waals surface area contributed by atoms with Gasteiger partial charge in [-0.25, -0.2) is 4.98 Å². The lowest BCUT2D eigenvalue weighted by atomic mass is 10.2. The van der Waals surface area contributed by atoms with Gasteiger partial charge in [-0.2, -0.15) is 13.2 Å². The van der Waals surface area contributed by atoms with E-state index in [0.717, 1.165) is 6.07 Å². The van der Waals surface area contributed by atoms with E-state index in [1.165, 1.54) is 16.7 Å². The molecule has 0 atom stereocenters. The number of nitrogens with zero attached hydrogens (tertiary/aromatic N) is 2. The average molecular weight is 279 g/mol. The SMILES string of the molecule is Cc1nc2c(C(F)(F)F)cccn2c1Br. The molecular formula is C9H6BrF3N2. The van der Waals surface area contributed by atoms with Crippen molar-refractivity contribution in [3.8, 4) is 0 Å². The Morgan fingerprint density at radius 3 is 2.67 bits per heavy atom. The molecule has 0 saturated heterocycles. The van der Waals surface area contributed by atoms with E-state index in [2.05, 4.69) is 20.9 Å². The standard InChI is InChI=1S/C9H6BrF3N2/c1-5-7(10)15-4-2-3-6(8(15)14-5)9(11,12)13/h2-4H,1H3. The maximum atomic E-state index is 12.6. The molecule has 80 valence electrons. The maximum absolute atomic E-state index is 12.6. The van der Waals surface area contributed by atoms with Crippen molar-refractivity contribution < 1.29 is 13.2 Å². The van der Waals surface area contributed by atoms with Crippen LogP contribution in [0.4, 0.5) is 13.2 Å². The fourth-order valence-corrected chi connectivity index (χ4v) is 1.75. The van der Waals surface area contributed by atoms with Crippen LogP contribution in [0.3, 0.4) is 0 Å². The monoisotopic (exact) mass is 278 g/mol. The predicted octanol–water partition coefficient (Wildman–Crippen LogP) is 3.42. The Hall–Kier alpha value is -1.04. The lowest BCUT2D eigenvalue weighted by molar-refractivity contribution is -0.136. The summed E-state index contributed by atoms with van der Waals surface area (Å²) in [6, 6.07) is 2.37. The highest BCUT2D eigenvalue weighted by Crippen LogP contribution is 2.33. The number of halogens is 4. The highest BCUT2D eigenvalue weighted by molar-refractivity contribution is 9.10. The third-order valence-electron chi connectivity index (χ3n) is 2.06. The van der Waals surface area contributed by atoms with E-state index in [0.29, 0.717) is 10.3 Å². The Kier molecular flexibility index (Phi) is 2.26. The van der Waals surface area contributed by atoms with Crippen LogP contribution in [0.15, 0.2) is 22.9 Å². The van der Waals surface area contributed by atoms with Crippen molar-refractivity contribution in [2.45, 2.75) is 13.1 Å². The minimum atomic E-state index is -4.38. The van der Waals surface area contributed by atoms with Crippen LogP contribution in [-0.2, 0) is 6.18 Å². The molecule has 2 heterocycles. The van der Waals surface area contributed by atoms with E-state index in [4.69, 9.17) is 0 Å². The number of imidazole rings is 1. The summed E-state index contributed by atoms with van der Waals surface area (Å²) in [6.07, 6.45) is -2.84. The zero-order valence-electron chi connectivity index (χ0n) is 7.64. The van der Waals surface area contributed by atoms with Crippen molar-refractivity contribution in [2.24, 2.45) is 0 Å². The number of fused-ring (bicyclic) bond motifs is 1. The fourth-order valence-electron chi connectivity index (χ4n) is 1.37. The number of rotatable bonds is 0. The fraction of sp³-hybridized carbons (Fsp3) is 0.222. The van der Waals surface area contributed by atoms with Gasteiger partial charge in [-0.1, -0.05) is 0 Å². The second kappa shape index (κ2) is 3.23. The highest BCUT2D eigenvalue weighted by Gasteiger charge is 2.34. The summed E-state index contributed by atoms with van der Waals surface area (Å²) in [6.45, 7) is 1.65. The molecule has 0 radical (unpaired) electrons. The van der Waals surface area contributed by atoms with E-state index in [9.17, 15) is 13.2 Å². The Labute approximate surface area is 91.9 Å². The Morgan fingerprint density at radius 2 is 2.07 bits per heavy atom. The second-order valence-corrected chi connectivity index (χ2v) is 3.85. The molecule has 0 aliphatic heterocycles. The molecule has 2 aromatic rings. The summed E-state index contributed by atoms with van der Waals surface area (Å²) in [5.41, 5.74) is -0.264. The first-order valence-corrected chi connectivity index (χ1v) is 4.91. The van der Waals surface area contributed by atoms with Crippen LogP contribution in [0.2, 0.25) is 0 Å². The first-order chi connectivity index (χ1) is 6.91. The van der Waals surface area contributed by atoms with Gasteiger partial charge in [-0.05, 0) is 35.0 Å². The number of hydrogen-bond donors (Lipinski definition) is 0. The molecule has 2 nitrogen and oxygen atoms in total. The van der Waals surface area contributed by atoms with Crippen LogP contribution in [0, 0.1) is 6.92 Å². The van der Waals surface area contributed by atoms with Gasteiger partial charge in [0.2, 0.25) is 0 Å². The molecule has 0 spiro atoms. The number of aromatic nitrogens is 2. The van der Waals surface area contributed by atoms with Crippen LogP contribution in [0.5, 0.6) is 0 Å². The third-order valence-corrected chi connectivity index (χ3v) is 3.01. The van der Waals surface area contributed by atoms with Gasteiger partial charge in [0.1, 0.15) is 10.3 Å². The molecule has 0 N–H and O–H groups in total. The largest absolute Gasteiger partial charge is 0.419 e. The summed E-state index contributed by atoms with van der Waals surface area (Å²) in [4.78, 5) is 3.88. The Bertz CT molecular complexity index is 516. The number of hydrogen-bond acceptors (Lipinski definition) is 1. The number of aryl methyl sites for hydroxylation is 1. The van der Waals surface area contributed by atoms with Crippen LogP contribution in [-0.4, -0.2) is 9.38 Å². The highest BCUT2D eigenvalue weighted by atomic mass is 79.9. The molecule has 0 saturated carbocycles. The van der Waals surface area contributed by atoms with Crippen LogP contribution < -0.4 is 0 Å². The minimum absolute atomic E-state index is 0.0747. The first kappa shape index (κ1) is 10.5. The molecular weight excluding hydrogens is 273 g/mol. The van der Waals surface area contributed by atoms with E-state index in [1.807, 2.05) is 0 Å². The topological polar surface area (TPSA) is 17.3 Å². The molecule has 0 aliphatic carbocycles. The van der Waals surface area contributed by atoms with Gasteiger partial charge in [-0.15, -0.1) is 0 Å². The van der Waals surface area contributed by atoms with Crippen molar-refractivity contribution in [1.82, 2.24) is 9.38 Å². The normalized spacial score (nSPS) is 12.3.